The number of ketones is 1. The number of hydrogen-bond donors (Lipinski definition) is 1. The van der Waals surface area contributed by atoms with Gasteiger partial charge in [-0.15, -0.1) is 0 Å². The molecule has 1 N–H and O–H groups in total. The number of aromatic nitrogens is 1. The summed E-state index contributed by atoms with van der Waals surface area (Å²) in [6.07, 6.45) is 2.06. The van der Waals surface area contributed by atoms with Crippen molar-refractivity contribution < 1.29 is 14.3 Å². The lowest BCUT2D eigenvalue weighted by molar-refractivity contribution is -0.120. The molecule has 1 atom stereocenters. The molecule has 0 aliphatic heterocycles. The van der Waals surface area contributed by atoms with E-state index in [2.05, 4.69) is 10.3 Å². The molecular formula is C16H24N2O3. The van der Waals surface area contributed by atoms with E-state index in [1.54, 1.807) is 33.9 Å². The van der Waals surface area contributed by atoms with Gasteiger partial charge in [0.1, 0.15) is 5.60 Å². The quantitative estimate of drug-likeness (QED) is 0.906. The van der Waals surface area contributed by atoms with Gasteiger partial charge in [-0.25, -0.2) is 4.79 Å². The van der Waals surface area contributed by atoms with E-state index in [9.17, 15) is 9.59 Å². The minimum absolute atomic E-state index is 0.0362. The highest BCUT2D eigenvalue weighted by Crippen LogP contribution is 2.09. The highest BCUT2D eigenvalue weighted by molar-refractivity contribution is 5.87. The van der Waals surface area contributed by atoms with E-state index >= 15 is 0 Å². The van der Waals surface area contributed by atoms with Gasteiger partial charge in [-0.05, 0) is 52.7 Å². The molecule has 1 amide bonds. The van der Waals surface area contributed by atoms with Crippen molar-refractivity contribution in [3.63, 3.8) is 0 Å². The number of pyridine rings is 1. The second-order valence-corrected chi connectivity index (χ2v) is 6.10. The lowest BCUT2D eigenvalue weighted by Crippen LogP contribution is -2.41. The summed E-state index contributed by atoms with van der Waals surface area (Å²) in [4.78, 5) is 27.9. The summed E-state index contributed by atoms with van der Waals surface area (Å²) in [7, 11) is 0. The van der Waals surface area contributed by atoms with Gasteiger partial charge in [-0.1, -0.05) is 6.07 Å². The zero-order valence-electron chi connectivity index (χ0n) is 13.4. The average molecular weight is 292 g/mol. The first-order valence-electron chi connectivity index (χ1n) is 7.12. The van der Waals surface area contributed by atoms with E-state index in [4.69, 9.17) is 4.74 Å². The fourth-order valence-corrected chi connectivity index (χ4v) is 1.80. The topological polar surface area (TPSA) is 68.3 Å². The van der Waals surface area contributed by atoms with Crippen molar-refractivity contribution in [2.75, 3.05) is 0 Å². The Morgan fingerprint density at radius 1 is 1.38 bits per heavy atom. The smallest absolute Gasteiger partial charge is 0.408 e. The fourth-order valence-electron chi connectivity index (χ4n) is 1.80. The van der Waals surface area contributed by atoms with Crippen LogP contribution in [-0.4, -0.2) is 28.5 Å². The van der Waals surface area contributed by atoms with Crippen molar-refractivity contribution in [1.29, 1.82) is 0 Å². The predicted molar refractivity (Wildman–Crippen MR) is 81.1 cm³/mol. The molecule has 0 aliphatic carbocycles. The standard InChI is InChI=1S/C16H24N2O3/c1-11-7-6-10-17-13(11)8-9-14(19)12(2)18-15(20)21-16(3,4)5/h6-7,10,12H,8-9H2,1-5H3,(H,18,20)/t12-/m1/s1. The SMILES string of the molecule is Cc1cccnc1CCC(=O)[C@@H](C)NC(=O)OC(C)(C)C. The zero-order chi connectivity index (χ0) is 16.0. The number of carbonyl (C=O) groups excluding carboxylic acids is 2. The monoisotopic (exact) mass is 292 g/mol. The van der Waals surface area contributed by atoms with E-state index in [1.807, 2.05) is 19.1 Å². The van der Waals surface area contributed by atoms with Crippen LogP contribution in [0.2, 0.25) is 0 Å². The maximum atomic E-state index is 12.0. The third-order valence-electron chi connectivity index (χ3n) is 2.94. The minimum atomic E-state index is -0.572. The Morgan fingerprint density at radius 2 is 2.05 bits per heavy atom. The molecule has 0 unspecified atom stereocenters. The second-order valence-electron chi connectivity index (χ2n) is 6.10. The molecule has 0 fully saturated rings. The first kappa shape index (κ1) is 17.1. The van der Waals surface area contributed by atoms with Crippen LogP contribution in [0.5, 0.6) is 0 Å². The molecule has 21 heavy (non-hydrogen) atoms. The summed E-state index contributed by atoms with van der Waals surface area (Å²) in [5.74, 6) is -0.0362. The number of nitrogens with zero attached hydrogens (tertiary/aromatic N) is 1. The number of rotatable bonds is 5. The van der Waals surface area contributed by atoms with Crippen molar-refractivity contribution >= 4 is 11.9 Å². The Kier molecular flexibility index (Phi) is 5.88. The van der Waals surface area contributed by atoms with Gasteiger partial charge >= 0.3 is 6.09 Å². The van der Waals surface area contributed by atoms with Gasteiger partial charge in [0, 0.05) is 18.3 Å². The predicted octanol–water partition coefficient (Wildman–Crippen LogP) is 2.80. The Balaban J connectivity index is 2.45. The van der Waals surface area contributed by atoms with Crippen LogP contribution < -0.4 is 5.32 Å². The molecule has 5 nitrogen and oxygen atoms in total. The van der Waals surface area contributed by atoms with E-state index in [0.29, 0.717) is 12.8 Å². The number of Topliss-reactive ketones (excluding diaryl/α,β-unsaturated/α-hetero) is 1. The Labute approximate surface area is 126 Å². The molecule has 1 aromatic rings. The molecule has 5 heteroatoms. The number of amides is 1. The number of carbonyl (C=O) groups is 2. The molecule has 0 saturated heterocycles. The first-order valence-corrected chi connectivity index (χ1v) is 7.12. The Bertz CT molecular complexity index is 506. The average Bonchev–Trinajstić information content (AvgIpc) is 2.34. The summed E-state index contributed by atoms with van der Waals surface area (Å²) >= 11 is 0. The second kappa shape index (κ2) is 7.20. The number of hydrogen-bond acceptors (Lipinski definition) is 4. The van der Waals surface area contributed by atoms with Crippen LogP contribution in [-0.2, 0) is 16.0 Å². The van der Waals surface area contributed by atoms with Crippen molar-refractivity contribution in [1.82, 2.24) is 10.3 Å². The highest BCUT2D eigenvalue weighted by atomic mass is 16.6. The molecule has 1 heterocycles. The molecule has 1 aromatic heterocycles. The zero-order valence-corrected chi connectivity index (χ0v) is 13.4. The summed E-state index contributed by atoms with van der Waals surface area (Å²) in [6.45, 7) is 8.97. The fraction of sp³-hybridized carbons (Fsp3) is 0.562. The maximum Gasteiger partial charge on any atom is 0.408 e. The van der Waals surface area contributed by atoms with Gasteiger partial charge in [0.2, 0.25) is 0 Å². The van der Waals surface area contributed by atoms with Crippen LogP contribution in [0.15, 0.2) is 18.3 Å². The summed E-state index contributed by atoms with van der Waals surface area (Å²) in [5.41, 5.74) is 1.41. The first-order chi connectivity index (χ1) is 9.69. The Morgan fingerprint density at radius 3 is 2.62 bits per heavy atom. The number of aryl methyl sites for hydroxylation is 2. The molecule has 0 aliphatic rings. The molecule has 0 aromatic carbocycles. The molecule has 0 spiro atoms. The van der Waals surface area contributed by atoms with Gasteiger partial charge < -0.3 is 10.1 Å². The van der Waals surface area contributed by atoms with Crippen molar-refractivity contribution in [3.05, 3.63) is 29.6 Å². The van der Waals surface area contributed by atoms with Gasteiger partial charge in [0.05, 0.1) is 6.04 Å². The van der Waals surface area contributed by atoms with Gasteiger partial charge in [0.25, 0.3) is 0 Å². The van der Waals surface area contributed by atoms with Crippen LogP contribution in [0.25, 0.3) is 0 Å². The normalized spacial score (nSPS) is 12.6. The van der Waals surface area contributed by atoms with Crippen LogP contribution >= 0.6 is 0 Å². The van der Waals surface area contributed by atoms with Crippen molar-refractivity contribution in [3.8, 4) is 0 Å². The molecule has 0 bridgehead atoms. The number of alkyl carbamates (subject to hydrolysis) is 1. The summed E-state index contributed by atoms with van der Waals surface area (Å²) in [5, 5.41) is 2.56. The lowest BCUT2D eigenvalue weighted by Gasteiger charge is -2.21. The van der Waals surface area contributed by atoms with Gasteiger partial charge in [-0.2, -0.15) is 0 Å². The largest absolute Gasteiger partial charge is 0.444 e. The minimum Gasteiger partial charge on any atom is -0.444 e. The summed E-state index contributed by atoms with van der Waals surface area (Å²) < 4.78 is 5.13. The van der Waals surface area contributed by atoms with E-state index in [1.165, 1.54) is 0 Å². The lowest BCUT2D eigenvalue weighted by atomic mass is 10.1. The van der Waals surface area contributed by atoms with Crippen LogP contribution in [0, 0.1) is 6.92 Å². The highest BCUT2D eigenvalue weighted by Gasteiger charge is 2.20. The van der Waals surface area contributed by atoms with Crippen molar-refractivity contribution in [2.45, 2.75) is 59.1 Å². The number of nitrogens with one attached hydrogen (secondary N) is 1. The van der Waals surface area contributed by atoms with Crippen LogP contribution in [0.1, 0.15) is 45.4 Å². The summed E-state index contributed by atoms with van der Waals surface area (Å²) in [6, 6.07) is 3.27. The maximum absolute atomic E-state index is 12.0. The molecule has 1 rings (SSSR count). The molecular weight excluding hydrogens is 268 g/mol. The Hall–Kier alpha value is -1.91. The van der Waals surface area contributed by atoms with E-state index < -0.39 is 17.7 Å². The third kappa shape index (κ3) is 6.38. The van der Waals surface area contributed by atoms with E-state index in [0.717, 1.165) is 11.3 Å². The third-order valence-corrected chi connectivity index (χ3v) is 2.94. The van der Waals surface area contributed by atoms with Crippen LogP contribution in [0.3, 0.4) is 0 Å². The number of ether oxygens (including phenoxy) is 1. The van der Waals surface area contributed by atoms with Gasteiger partial charge in [0.15, 0.2) is 5.78 Å². The molecule has 116 valence electrons. The molecule has 0 saturated carbocycles. The van der Waals surface area contributed by atoms with E-state index in [-0.39, 0.29) is 5.78 Å². The van der Waals surface area contributed by atoms with Crippen LogP contribution in [0.4, 0.5) is 4.79 Å². The van der Waals surface area contributed by atoms with Crippen molar-refractivity contribution in [2.24, 2.45) is 0 Å². The van der Waals surface area contributed by atoms with Gasteiger partial charge in [-0.3, -0.25) is 9.78 Å². The molecule has 0 radical (unpaired) electrons.